The minimum atomic E-state index is 0.342. The van der Waals surface area contributed by atoms with Gasteiger partial charge in [0.1, 0.15) is 0 Å². The van der Waals surface area contributed by atoms with Crippen LogP contribution in [0.15, 0.2) is 12.7 Å². The van der Waals surface area contributed by atoms with Gasteiger partial charge in [0.2, 0.25) is 0 Å². The average Bonchev–Trinajstić information content (AvgIpc) is 2.20. The number of hydrogen-bond acceptors (Lipinski definition) is 1. The lowest BCUT2D eigenvalue weighted by molar-refractivity contribution is -0.194. The third kappa shape index (κ3) is 3.38. The molecule has 0 atom stereocenters. The number of ether oxygens (including phenoxy) is 1. The van der Waals surface area contributed by atoms with E-state index in [9.17, 15) is 0 Å². The summed E-state index contributed by atoms with van der Waals surface area (Å²) in [5.74, 6) is 0. The molecule has 1 heterocycles. The molecule has 1 fully saturated rings. The summed E-state index contributed by atoms with van der Waals surface area (Å²) in [6, 6.07) is 0. The maximum absolute atomic E-state index is 5.60. The molecular weight excluding hydrogens is 220 g/mol. The van der Waals surface area contributed by atoms with E-state index in [1.165, 1.54) is 25.7 Å². The summed E-state index contributed by atoms with van der Waals surface area (Å²) in [7, 11) is 0. The fourth-order valence-corrected chi connectivity index (χ4v) is 3.34. The summed E-state index contributed by atoms with van der Waals surface area (Å²) in [6.45, 7) is 17.7. The Morgan fingerprint density at radius 1 is 1.22 bits per heavy atom. The molecule has 18 heavy (non-hydrogen) atoms. The van der Waals surface area contributed by atoms with Crippen molar-refractivity contribution in [3.8, 4) is 0 Å². The second kappa shape index (κ2) is 5.77. The van der Waals surface area contributed by atoms with Gasteiger partial charge in [-0.1, -0.05) is 53.5 Å². The maximum Gasteiger partial charge on any atom is 0.0550 e. The van der Waals surface area contributed by atoms with E-state index in [4.69, 9.17) is 4.74 Å². The molecule has 1 heteroatoms. The van der Waals surface area contributed by atoms with E-state index in [1.54, 1.807) is 0 Å². The van der Waals surface area contributed by atoms with Crippen LogP contribution in [0.4, 0.5) is 0 Å². The molecule has 1 rings (SSSR count). The summed E-state index contributed by atoms with van der Waals surface area (Å²) in [5, 5.41) is 0. The lowest BCUT2D eigenvalue weighted by atomic mass is 9.56. The van der Waals surface area contributed by atoms with Gasteiger partial charge in [0.15, 0.2) is 0 Å². The Labute approximate surface area is 114 Å². The van der Waals surface area contributed by atoms with Crippen LogP contribution in [0.5, 0.6) is 0 Å². The van der Waals surface area contributed by atoms with Crippen molar-refractivity contribution in [1.29, 1.82) is 0 Å². The lowest BCUT2D eigenvalue weighted by Gasteiger charge is -2.55. The molecule has 106 valence electrons. The lowest BCUT2D eigenvalue weighted by Crippen LogP contribution is -2.55. The second-order valence-corrected chi connectivity index (χ2v) is 7.59. The van der Waals surface area contributed by atoms with Crippen molar-refractivity contribution in [1.82, 2.24) is 0 Å². The third-order valence-electron chi connectivity index (χ3n) is 4.86. The minimum Gasteiger partial charge on any atom is -0.380 e. The quantitative estimate of drug-likeness (QED) is 0.539. The van der Waals surface area contributed by atoms with Crippen LogP contribution in [-0.2, 0) is 4.74 Å². The topological polar surface area (TPSA) is 9.23 Å². The molecule has 1 aliphatic rings. The molecule has 0 radical (unpaired) electrons. The predicted octanol–water partition coefficient (Wildman–Crippen LogP) is 5.21. The minimum absolute atomic E-state index is 0.342. The Balaban J connectivity index is 2.75. The van der Waals surface area contributed by atoms with Gasteiger partial charge in [0, 0.05) is 5.41 Å². The normalized spacial score (nSPS) is 19.4. The second-order valence-electron chi connectivity index (χ2n) is 7.59. The molecule has 1 aliphatic heterocycles. The van der Waals surface area contributed by atoms with E-state index >= 15 is 0 Å². The van der Waals surface area contributed by atoms with Gasteiger partial charge in [0.05, 0.1) is 13.2 Å². The van der Waals surface area contributed by atoms with Gasteiger partial charge in [-0.05, 0) is 30.1 Å². The van der Waals surface area contributed by atoms with Gasteiger partial charge in [-0.25, -0.2) is 0 Å². The first-order chi connectivity index (χ1) is 8.29. The molecule has 0 unspecified atom stereocenters. The van der Waals surface area contributed by atoms with Crippen LogP contribution >= 0.6 is 0 Å². The van der Waals surface area contributed by atoms with E-state index in [0.29, 0.717) is 16.2 Å². The van der Waals surface area contributed by atoms with E-state index in [1.807, 2.05) is 0 Å². The van der Waals surface area contributed by atoms with Crippen molar-refractivity contribution in [3.63, 3.8) is 0 Å². The molecule has 0 spiro atoms. The third-order valence-corrected chi connectivity index (χ3v) is 4.86. The molecule has 1 saturated heterocycles. The monoisotopic (exact) mass is 252 g/mol. The van der Waals surface area contributed by atoms with Gasteiger partial charge in [-0.2, -0.15) is 0 Å². The summed E-state index contributed by atoms with van der Waals surface area (Å²) < 4.78 is 5.60. The summed E-state index contributed by atoms with van der Waals surface area (Å²) in [4.78, 5) is 0. The van der Waals surface area contributed by atoms with Crippen LogP contribution < -0.4 is 0 Å². The molecule has 0 amide bonds. The Bertz CT molecular complexity index is 271. The van der Waals surface area contributed by atoms with E-state index in [-0.39, 0.29) is 0 Å². The fourth-order valence-electron chi connectivity index (χ4n) is 3.34. The number of allylic oxidation sites excluding steroid dienone is 1. The summed E-state index contributed by atoms with van der Waals surface area (Å²) in [5.41, 5.74) is 1.11. The molecule has 0 aromatic carbocycles. The standard InChI is InChI=1S/C17H32O/c1-7-9-11-16(5,6)17(13-18-14-17)12-15(3,4)10-8-2/h8H,2,7,9-14H2,1,3-6H3. The SMILES string of the molecule is C=CCC(C)(C)CC1(C(C)(C)CCCC)COC1. The zero-order valence-electron chi connectivity index (χ0n) is 13.1. The van der Waals surface area contributed by atoms with E-state index in [2.05, 4.69) is 47.3 Å². The van der Waals surface area contributed by atoms with Gasteiger partial charge in [0.25, 0.3) is 0 Å². The number of rotatable bonds is 8. The highest BCUT2D eigenvalue weighted by Crippen LogP contribution is 2.54. The zero-order chi connectivity index (χ0) is 13.9. The number of hydrogen-bond donors (Lipinski definition) is 0. The molecule has 0 saturated carbocycles. The van der Waals surface area contributed by atoms with Crippen LogP contribution in [0.25, 0.3) is 0 Å². The van der Waals surface area contributed by atoms with Gasteiger partial charge in [-0.15, -0.1) is 6.58 Å². The highest BCUT2D eigenvalue weighted by atomic mass is 16.5. The van der Waals surface area contributed by atoms with Crippen molar-refractivity contribution in [2.24, 2.45) is 16.2 Å². The Hall–Kier alpha value is -0.300. The molecule has 0 aromatic heterocycles. The first kappa shape index (κ1) is 15.8. The first-order valence-corrected chi connectivity index (χ1v) is 7.47. The highest BCUT2D eigenvalue weighted by Gasteiger charge is 2.52. The Morgan fingerprint density at radius 3 is 2.22 bits per heavy atom. The van der Waals surface area contributed by atoms with E-state index < -0.39 is 0 Å². The van der Waals surface area contributed by atoms with Gasteiger partial charge >= 0.3 is 0 Å². The summed E-state index contributed by atoms with van der Waals surface area (Å²) >= 11 is 0. The Morgan fingerprint density at radius 2 is 1.83 bits per heavy atom. The predicted molar refractivity (Wildman–Crippen MR) is 79.8 cm³/mol. The highest BCUT2D eigenvalue weighted by molar-refractivity contribution is 5.01. The Kier molecular flexibility index (Phi) is 5.05. The van der Waals surface area contributed by atoms with Crippen LogP contribution in [-0.4, -0.2) is 13.2 Å². The molecular formula is C17H32O. The van der Waals surface area contributed by atoms with Crippen molar-refractivity contribution >= 4 is 0 Å². The molecule has 0 N–H and O–H groups in total. The van der Waals surface area contributed by atoms with Crippen molar-refractivity contribution < 1.29 is 4.74 Å². The first-order valence-electron chi connectivity index (χ1n) is 7.47. The number of unbranched alkanes of at least 4 members (excludes halogenated alkanes) is 1. The molecule has 0 bridgehead atoms. The smallest absolute Gasteiger partial charge is 0.0550 e. The fraction of sp³-hybridized carbons (Fsp3) is 0.882. The molecule has 0 aromatic rings. The van der Waals surface area contributed by atoms with Crippen molar-refractivity contribution in [2.45, 2.75) is 66.7 Å². The largest absolute Gasteiger partial charge is 0.380 e. The van der Waals surface area contributed by atoms with Gasteiger partial charge in [-0.3, -0.25) is 0 Å². The average molecular weight is 252 g/mol. The molecule has 1 nitrogen and oxygen atoms in total. The van der Waals surface area contributed by atoms with Gasteiger partial charge < -0.3 is 4.74 Å². The van der Waals surface area contributed by atoms with Crippen LogP contribution in [0.3, 0.4) is 0 Å². The van der Waals surface area contributed by atoms with Crippen molar-refractivity contribution in [3.05, 3.63) is 12.7 Å². The maximum atomic E-state index is 5.60. The van der Waals surface area contributed by atoms with Crippen LogP contribution in [0.1, 0.15) is 66.7 Å². The summed E-state index contributed by atoms with van der Waals surface area (Å²) in [6.07, 6.45) is 8.34. The van der Waals surface area contributed by atoms with Crippen LogP contribution in [0.2, 0.25) is 0 Å². The van der Waals surface area contributed by atoms with Crippen LogP contribution in [0, 0.1) is 16.2 Å². The van der Waals surface area contributed by atoms with Crippen molar-refractivity contribution in [2.75, 3.05) is 13.2 Å². The molecule has 0 aliphatic carbocycles. The van der Waals surface area contributed by atoms with E-state index in [0.717, 1.165) is 19.6 Å². The zero-order valence-corrected chi connectivity index (χ0v) is 13.1.